The van der Waals surface area contributed by atoms with Crippen LogP contribution in [0.4, 0.5) is 0 Å². The van der Waals surface area contributed by atoms with Gasteiger partial charge in [-0.2, -0.15) is 14.6 Å². The van der Waals surface area contributed by atoms with Crippen LogP contribution in [0.5, 0.6) is 11.5 Å². The first-order chi connectivity index (χ1) is 16.1. The van der Waals surface area contributed by atoms with E-state index >= 15 is 0 Å². The van der Waals surface area contributed by atoms with E-state index in [-0.39, 0.29) is 16.2 Å². The van der Waals surface area contributed by atoms with E-state index in [9.17, 15) is 9.59 Å². The van der Waals surface area contributed by atoms with Crippen molar-refractivity contribution in [2.75, 3.05) is 13.2 Å². The molecule has 0 fully saturated rings. The van der Waals surface area contributed by atoms with E-state index in [0.717, 1.165) is 35.3 Å². The van der Waals surface area contributed by atoms with Crippen LogP contribution in [-0.2, 0) is 6.42 Å². The van der Waals surface area contributed by atoms with Crippen molar-refractivity contribution in [1.29, 1.82) is 0 Å². The molecule has 4 aromatic rings. The summed E-state index contributed by atoms with van der Waals surface area (Å²) < 4.78 is 13.2. The van der Waals surface area contributed by atoms with Crippen molar-refractivity contribution in [2.45, 2.75) is 33.1 Å². The van der Waals surface area contributed by atoms with Crippen molar-refractivity contribution in [3.63, 3.8) is 0 Å². The van der Waals surface area contributed by atoms with Gasteiger partial charge in [-0.05, 0) is 42.7 Å². The minimum Gasteiger partial charge on any atom is -0.490 e. The van der Waals surface area contributed by atoms with Gasteiger partial charge in [-0.1, -0.05) is 61.1 Å². The van der Waals surface area contributed by atoms with Crippen molar-refractivity contribution in [3.8, 4) is 11.5 Å². The van der Waals surface area contributed by atoms with Crippen LogP contribution in [0.1, 0.15) is 43.5 Å². The number of fused-ring (bicyclic) bond motifs is 1. The molecule has 0 aliphatic heterocycles. The van der Waals surface area contributed by atoms with Gasteiger partial charge in [0.05, 0.1) is 17.7 Å². The lowest BCUT2D eigenvalue weighted by atomic mass is 10.1. The molecule has 0 saturated carbocycles. The quantitative estimate of drug-likeness (QED) is 0.355. The van der Waals surface area contributed by atoms with Crippen molar-refractivity contribution in [1.82, 2.24) is 14.6 Å². The lowest BCUT2D eigenvalue weighted by Gasteiger charge is -2.12. The van der Waals surface area contributed by atoms with Crippen LogP contribution >= 0.6 is 11.3 Å². The van der Waals surface area contributed by atoms with Gasteiger partial charge in [0.15, 0.2) is 11.5 Å². The van der Waals surface area contributed by atoms with Crippen molar-refractivity contribution in [3.05, 3.63) is 90.6 Å². The van der Waals surface area contributed by atoms with Gasteiger partial charge in [0.1, 0.15) is 5.69 Å². The molecule has 2 heterocycles. The molecule has 0 aliphatic carbocycles. The second-order valence-electron chi connectivity index (χ2n) is 7.48. The molecule has 2 aromatic carbocycles. The van der Waals surface area contributed by atoms with E-state index in [1.54, 1.807) is 6.08 Å². The first-order valence-corrected chi connectivity index (χ1v) is 11.8. The molecular formula is C25H25N3O4S. The third-order valence-electron chi connectivity index (χ3n) is 4.99. The predicted molar refractivity (Wildman–Crippen MR) is 129 cm³/mol. The number of hydrogen-bond acceptors (Lipinski definition) is 7. The Hall–Kier alpha value is -3.52. The van der Waals surface area contributed by atoms with Crippen molar-refractivity contribution >= 4 is 22.4 Å². The maximum Gasteiger partial charge on any atom is 0.296 e. The highest BCUT2D eigenvalue weighted by Gasteiger charge is 2.12. The highest BCUT2D eigenvalue weighted by Crippen LogP contribution is 2.29. The van der Waals surface area contributed by atoms with Gasteiger partial charge < -0.3 is 9.47 Å². The number of benzene rings is 2. The summed E-state index contributed by atoms with van der Waals surface area (Å²) in [6, 6.07) is 15.1. The molecule has 7 nitrogen and oxygen atoms in total. The molecule has 0 N–H and O–H groups in total. The summed E-state index contributed by atoms with van der Waals surface area (Å²) in [4.78, 5) is 29.8. The second kappa shape index (κ2) is 10.4. The van der Waals surface area contributed by atoms with Crippen LogP contribution in [0, 0.1) is 0 Å². The molecule has 0 radical (unpaired) electrons. The predicted octanol–water partition coefficient (Wildman–Crippen LogP) is 3.23. The zero-order valence-electron chi connectivity index (χ0n) is 18.6. The highest BCUT2D eigenvalue weighted by atomic mass is 32.1. The molecular weight excluding hydrogens is 438 g/mol. The van der Waals surface area contributed by atoms with Gasteiger partial charge >= 0.3 is 0 Å². The molecule has 2 aromatic heterocycles. The molecule has 0 amide bonds. The molecule has 0 atom stereocenters. The van der Waals surface area contributed by atoms with Crippen LogP contribution < -0.4 is 25.1 Å². The first kappa shape index (κ1) is 22.7. The Labute approximate surface area is 195 Å². The summed E-state index contributed by atoms with van der Waals surface area (Å²) in [5.41, 5.74) is 1.24. The Morgan fingerprint density at radius 1 is 1.03 bits per heavy atom. The zero-order valence-corrected chi connectivity index (χ0v) is 19.4. The molecule has 0 unspecified atom stereocenters. The minimum absolute atomic E-state index is 0.243. The molecule has 33 heavy (non-hydrogen) atoms. The average molecular weight is 464 g/mol. The van der Waals surface area contributed by atoms with Crippen LogP contribution in [0.3, 0.4) is 0 Å². The first-order valence-electron chi connectivity index (χ1n) is 11.0. The zero-order chi connectivity index (χ0) is 23.2. The molecule has 0 spiro atoms. The number of aromatic nitrogens is 3. The molecule has 170 valence electrons. The Balaban J connectivity index is 1.70. The molecule has 0 aliphatic rings. The Kier molecular flexibility index (Phi) is 7.14. The molecule has 0 saturated heterocycles. The summed E-state index contributed by atoms with van der Waals surface area (Å²) in [5.74, 6) is 1.31. The third-order valence-corrected chi connectivity index (χ3v) is 5.94. The van der Waals surface area contributed by atoms with Gasteiger partial charge in [-0.15, -0.1) is 0 Å². The Morgan fingerprint density at radius 2 is 1.85 bits per heavy atom. The molecule has 4 rings (SSSR count). The summed E-state index contributed by atoms with van der Waals surface area (Å²) in [5, 5.41) is 4.31. The van der Waals surface area contributed by atoms with E-state index in [2.05, 4.69) is 17.0 Å². The second-order valence-corrected chi connectivity index (χ2v) is 8.49. The number of rotatable bonds is 9. The number of nitrogens with zero attached hydrogens (tertiary/aromatic N) is 3. The van der Waals surface area contributed by atoms with Crippen LogP contribution in [-0.4, -0.2) is 27.8 Å². The fraction of sp³-hybridized carbons (Fsp3) is 0.280. The standard InChI is InChI=1S/C25H25N3O4S/c1-3-5-13-32-20-12-11-18(15-21(20)31-4-2)16-22-24(30)28-25(33-22)26-23(29)19(27-28)14-17-9-7-6-8-10-17/h6-12,15-16H,3-5,13-14H2,1-2H3. The monoisotopic (exact) mass is 463 g/mol. The van der Waals surface area contributed by atoms with Gasteiger partial charge in [0.2, 0.25) is 4.96 Å². The van der Waals surface area contributed by atoms with Gasteiger partial charge in [0.25, 0.3) is 11.1 Å². The van der Waals surface area contributed by atoms with Crippen molar-refractivity contribution in [2.24, 2.45) is 0 Å². The van der Waals surface area contributed by atoms with Gasteiger partial charge in [-0.3, -0.25) is 9.59 Å². The summed E-state index contributed by atoms with van der Waals surface area (Å²) in [6.07, 6.45) is 4.09. The third kappa shape index (κ3) is 5.28. The van der Waals surface area contributed by atoms with Crippen LogP contribution in [0.2, 0.25) is 0 Å². The SMILES string of the molecule is CCCCOc1ccc(C=c2sc3nc(=O)c(Cc4ccccc4)nn3c2=O)cc1OCC. The maximum absolute atomic E-state index is 13.0. The summed E-state index contributed by atoms with van der Waals surface area (Å²) in [6.45, 7) is 5.15. The average Bonchev–Trinajstić information content (AvgIpc) is 3.10. The fourth-order valence-corrected chi connectivity index (χ4v) is 4.23. The number of unbranched alkanes of at least 4 members (excludes halogenated alkanes) is 1. The smallest absolute Gasteiger partial charge is 0.296 e. The highest BCUT2D eigenvalue weighted by molar-refractivity contribution is 7.15. The van der Waals surface area contributed by atoms with E-state index in [1.807, 2.05) is 55.5 Å². The van der Waals surface area contributed by atoms with Gasteiger partial charge in [-0.25, -0.2) is 0 Å². The summed E-state index contributed by atoms with van der Waals surface area (Å²) >= 11 is 1.14. The maximum atomic E-state index is 13.0. The largest absolute Gasteiger partial charge is 0.490 e. The summed E-state index contributed by atoms with van der Waals surface area (Å²) in [7, 11) is 0. The molecule has 0 bridgehead atoms. The van der Waals surface area contributed by atoms with Crippen molar-refractivity contribution < 1.29 is 9.47 Å². The minimum atomic E-state index is -0.418. The number of thiazole rings is 1. The number of hydrogen-bond donors (Lipinski definition) is 0. The van der Waals surface area contributed by atoms with E-state index < -0.39 is 5.56 Å². The Bertz CT molecular complexity index is 1410. The van der Waals surface area contributed by atoms with E-state index in [1.165, 1.54) is 4.52 Å². The lowest BCUT2D eigenvalue weighted by molar-refractivity contribution is 0.272. The number of ether oxygens (including phenoxy) is 2. The van der Waals surface area contributed by atoms with E-state index in [4.69, 9.17) is 9.47 Å². The van der Waals surface area contributed by atoms with Gasteiger partial charge in [0, 0.05) is 6.42 Å². The topological polar surface area (TPSA) is 82.8 Å². The van der Waals surface area contributed by atoms with E-state index in [0.29, 0.717) is 35.7 Å². The fourth-order valence-electron chi connectivity index (χ4n) is 3.32. The normalized spacial score (nSPS) is 11.8. The Morgan fingerprint density at radius 3 is 2.61 bits per heavy atom. The lowest BCUT2D eigenvalue weighted by Crippen LogP contribution is -2.28. The van der Waals surface area contributed by atoms with Crippen LogP contribution in [0.15, 0.2) is 58.1 Å². The molecule has 8 heteroatoms. The van der Waals surface area contributed by atoms with Crippen LogP contribution in [0.25, 0.3) is 11.0 Å².